The molecule has 0 aliphatic heterocycles. The fourth-order valence-corrected chi connectivity index (χ4v) is 3.71. The van der Waals surface area contributed by atoms with E-state index in [2.05, 4.69) is 103 Å². The van der Waals surface area contributed by atoms with E-state index in [4.69, 9.17) is 0 Å². The van der Waals surface area contributed by atoms with Gasteiger partial charge in [-0.3, -0.25) is 0 Å². The van der Waals surface area contributed by atoms with E-state index >= 15 is 0 Å². The molecule has 0 atom stereocenters. The molecule has 0 fully saturated rings. The summed E-state index contributed by atoms with van der Waals surface area (Å²) < 4.78 is 2.28. The van der Waals surface area contributed by atoms with Gasteiger partial charge >= 0.3 is 0 Å². The zero-order valence-electron chi connectivity index (χ0n) is 16.8. The number of rotatable bonds is 5. The standard InChI is InChI=1S/C26H26N2/c1-19-6-4-8-23(14-19)16-26-21(3)27-18-28(26)17-22-10-12-24(13-11-22)25-9-5-7-20(2)15-25/h4-15,18H,16-17H2,1-3H3. The van der Waals surface area contributed by atoms with Crippen LogP contribution < -0.4 is 0 Å². The average molecular weight is 367 g/mol. The Hall–Kier alpha value is -3.13. The molecule has 4 rings (SSSR count). The molecule has 0 aliphatic rings. The maximum Gasteiger partial charge on any atom is 0.0954 e. The first kappa shape index (κ1) is 18.2. The number of hydrogen-bond donors (Lipinski definition) is 0. The van der Waals surface area contributed by atoms with Crippen LogP contribution in [0, 0.1) is 20.8 Å². The molecule has 2 nitrogen and oxygen atoms in total. The molecule has 4 aromatic rings. The Balaban J connectivity index is 1.55. The van der Waals surface area contributed by atoms with Gasteiger partial charge in [0, 0.05) is 18.7 Å². The first-order chi connectivity index (χ1) is 13.6. The quantitative estimate of drug-likeness (QED) is 0.416. The van der Waals surface area contributed by atoms with Crippen LogP contribution in [0.2, 0.25) is 0 Å². The molecular weight excluding hydrogens is 340 g/mol. The van der Waals surface area contributed by atoms with E-state index in [-0.39, 0.29) is 0 Å². The first-order valence-electron chi connectivity index (χ1n) is 9.80. The molecule has 1 heterocycles. The van der Waals surface area contributed by atoms with Crippen LogP contribution in [0.5, 0.6) is 0 Å². The van der Waals surface area contributed by atoms with Gasteiger partial charge in [-0.1, -0.05) is 83.9 Å². The summed E-state index contributed by atoms with van der Waals surface area (Å²) in [6.07, 6.45) is 2.88. The molecule has 0 aliphatic carbocycles. The minimum atomic E-state index is 0.843. The van der Waals surface area contributed by atoms with Gasteiger partial charge in [0.1, 0.15) is 0 Å². The van der Waals surface area contributed by atoms with Crippen LogP contribution in [0.3, 0.4) is 0 Å². The van der Waals surface area contributed by atoms with Crippen molar-refractivity contribution in [2.24, 2.45) is 0 Å². The second-order valence-electron chi connectivity index (χ2n) is 7.64. The lowest BCUT2D eigenvalue weighted by molar-refractivity contribution is 0.751. The lowest BCUT2D eigenvalue weighted by atomic mass is 10.0. The summed E-state index contributed by atoms with van der Waals surface area (Å²) in [5.74, 6) is 0. The highest BCUT2D eigenvalue weighted by Gasteiger charge is 2.09. The van der Waals surface area contributed by atoms with Crippen LogP contribution in [-0.4, -0.2) is 9.55 Å². The molecule has 0 N–H and O–H groups in total. The summed E-state index contributed by atoms with van der Waals surface area (Å²) in [6.45, 7) is 7.22. The lowest BCUT2D eigenvalue weighted by Gasteiger charge is -2.11. The monoisotopic (exact) mass is 366 g/mol. The summed E-state index contributed by atoms with van der Waals surface area (Å²) >= 11 is 0. The molecule has 0 unspecified atom stereocenters. The molecule has 140 valence electrons. The second-order valence-corrected chi connectivity index (χ2v) is 7.64. The van der Waals surface area contributed by atoms with Gasteiger partial charge < -0.3 is 4.57 Å². The topological polar surface area (TPSA) is 17.8 Å². The van der Waals surface area contributed by atoms with E-state index in [1.807, 2.05) is 6.33 Å². The van der Waals surface area contributed by atoms with Crippen LogP contribution >= 0.6 is 0 Å². The molecule has 0 amide bonds. The Kier molecular flexibility index (Phi) is 5.12. The number of imidazole rings is 1. The number of hydrogen-bond acceptors (Lipinski definition) is 1. The predicted octanol–water partition coefficient (Wildman–Crippen LogP) is 6.11. The molecule has 1 aromatic heterocycles. The molecule has 0 bridgehead atoms. The zero-order valence-corrected chi connectivity index (χ0v) is 16.8. The smallest absolute Gasteiger partial charge is 0.0954 e. The van der Waals surface area contributed by atoms with Crippen molar-refractivity contribution >= 4 is 0 Å². The van der Waals surface area contributed by atoms with Gasteiger partial charge in [0.05, 0.1) is 12.0 Å². The Morgan fingerprint density at radius 1 is 0.714 bits per heavy atom. The van der Waals surface area contributed by atoms with Crippen molar-refractivity contribution in [3.63, 3.8) is 0 Å². The summed E-state index contributed by atoms with van der Waals surface area (Å²) in [4.78, 5) is 4.57. The van der Waals surface area contributed by atoms with E-state index in [0.29, 0.717) is 0 Å². The van der Waals surface area contributed by atoms with Crippen molar-refractivity contribution < 1.29 is 0 Å². The zero-order chi connectivity index (χ0) is 19.5. The Morgan fingerprint density at radius 2 is 1.43 bits per heavy atom. The number of aryl methyl sites for hydroxylation is 3. The first-order valence-corrected chi connectivity index (χ1v) is 9.80. The molecular formula is C26H26N2. The van der Waals surface area contributed by atoms with Gasteiger partial charge in [-0.25, -0.2) is 4.98 Å². The summed E-state index contributed by atoms with van der Waals surface area (Å²) in [6, 6.07) is 26.3. The Labute approximate surface area is 167 Å². The summed E-state index contributed by atoms with van der Waals surface area (Å²) in [7, 11) is 0. The van der Waals surface area contributed by atoms with Gasteiger partial charge in [0.15, 0.2) is 0 Å². The normalized spacial score (nSPS) is 11.0. The highest BCUT2D eigenvalue weighted by molar-refractivity contribution is 5.64. The third-order valence-electron chi connectivity index (χ3n) is 5.27. The molecule has 0 radical (unpaired) electrons. The van der Waals surface area contributed by atoms with E-state index in [0.717, 1.165) is 18.7 Å². The fourth-order valence-electron chi connectivity index (χ4n) is 3.71. The van der Waals surface area contributed by atoms with Crippen molar-refractivity contribution in [3.8, 4) is 11.1 Å². The maximum absolute atomic E-state index is 4.57. The van der Waals surface area contributed by atoms with Crippen LogP contribution in [0.15, 0.2) is 79.1 Å². The van der Waals surface area contributed by atoms with Crippen molar-refractivity contribution in [3.05, 3.63) is 113 Å². The molecule has 28 heavy (non-hydrogen) atoms. The molecule has 0 spiro atoms. The molecule has 0 saturated carbocycles. The SMILES string of the molecule is Cc1cccc(Cc2c(C)ncn2Cc2ccc(-c3cccc(C)c3)cc2)c1. The van der Waals surface area contributed by atoms with Gasteiger partial charge in [0.2, 0.25) is 0 Å². The van der Waals surface area contributed by atoms with Gasteiger partial charge in [0.25, 0.3) is 0 Å². The predicted molar refractivity (Wildman–Crippen MR) is 117 cm³/mol. The third kappa shape index (κ3) is 4.07. The largest absolute Gasteiger partial charge is 0.330 e. The maximum atomic E-state index is 4.57. The van der Waals surface area contributed by atoms with Crippen molar-refractivity contribution in [1.82, 2.24) is 9.55 Å². The van der Waals surface area contributed by atoms with E-state index in [1.165, 1.54) is 39.1 Å². The highest BCUT2D eigenvalue weighted by atomic mass is 15.1. The number of benzene rings is 3. The molecule has 0 saturated heterocycles. The molecule has 2 heteroatoms. The van der Waals surface area contributed by atoms with Crippen LogP contribution in [0.1, 0.15) is 33.6 Å². The minimum absolute atomic E-state index is 0.843. The van der Waals surface area contributed by atoms with Crippen LogP contribution in [0.4, 0.5) is 0 Å². The van der Waals surface area contributed by atoms with Gasteiger partial charge in [-0.05, 0) is 43.0 Å². The highest BCUT2D eigenvalue weighted by Crippen LogP contribution is 2.22. The lowest BCUT2D eigenvalue weighted by Crippen LogP contribution is -2.05. The fraction of sp³-hybridized carbons (Fsp3) is 0.192. The third-order valence-corrected chi connectivity index (χ3v) is 5.27. The van der Waals surface area contributed by atoms with Crippen molar-refractivity contribution in [2.45, 2.75) is 33.7 Å². The average Bonchev–Trinajstić information content (AvgIpc) is 3.02. The molecule has 3 aromatic carbocycles. The van der Waals surface area contributed by atoms with E-state index in [1.54, 1.807) is 0 Å². The van der Waals surface area contributed by atoms with E-state index in [9.17, 15) is 0 Å². The Morgan fingerprint density at radius 3 is 2.14 bits per heavy atom. The van der Waals surface area contributed by atoms with Crippen LogP contribution in [-0.2, 0) is 13.0 Å². The Bertz CT molecular complexity index is 1090. The second kappa shape index (κ2) is 7.85. The van der Waals surface area contributed by atoms with Gasteiger partial charge in [-0.15, -0.1) is 0 Å². The number of aromatic nitrogens is 2. The number of nitrogens with zero attached hydrogens (tertiary/aromatic N) is 2. The van der Waals surface area contributed by atoms with Crippen LogP contribution in [0.25, 0.3) is 11.1 Å². The summed E-state index contributed by atoms with van der Waals surface area (Å²) in [5, 5.41) is 0. The summed E-state index contributed by atoms with van der Waals surface area (Å²) in [5.41, 5.74) is 10.1. The van der Waals surface area contributed by atoms with E-state index < -0.39 is 0 Å². The minimum Gasteiger partial charge on any atom is -0.330 e. The van der Waals surface area contributed by atoms with Crippen molar-refractivity contribution in [1.29, 1.82) is 0 Å². The van der Waals surface area contributed by atoms with Crippen molar-refractivity contribution in [2.75, 3.05) is 0 Å². The van der Waals surface area contributed by atoms with Gasteiger partial charge in [-0.2, -0.15) is 0 Å².